The van der Waals surface area contributed by atoms with Gasteiger partial charge in [-0.05, 0) is 45.0 Å². The molecule has 1 aliphatic heterocycles. The maximum Gasteiger partial charge on any atom is 0.336 e. The molecule has 0 radical (unpaired) electrons. The Labute approximate surface area is 180 Å². The fourth-order valence-electron chi connectivity index (χ4n) is 3.08. The van der Waals surface area contributed by atoms with Crippen molar-refractivity contribution in [2.45, 2.75) is 19.8 Å². The van der Waals surface area contributed by atoms with Gasteiger partial charge in [-0.3, -0.25) is 0 Å². The van der Waals surface area contributed by atoms with E-state index in [9.17, 15) is 9.59 Å². The third-order valence-corrected chi connectivity index (χ3v) is 5.63. The molecule has 2 rings (SSSR count). The maximum atomic E-state index is 12.9. The van der Waals surface area contributed by atoms with Crippen molar-refractivity contribution in [2.24, 2.45) is 0 Å². The van der Waals surface area contributed by atoms with Gasteiger partial charge in [-0.1, -0.05) is 11.6 Å². The summed E-state index contributed by atoms with van der Waals surface area (Å²) in [6.07, 6.45) is 0. The molecule has 1 aromatic rings. The van der Waals surface area contributed by atoms with E-state index < -0.39 is 17.9 Å². The molecule has 0 saturated carbocycles. The Morgan fingerprint density at radius 1 is 1.28 bits per heavy atom. The number of nitrogens with one attached hydrogen (secondary N) is 1. The average molecular weight is 443 g/mol. The molecule has 0 bridgehead atoms. The third-order valence-electron chi connectivity index (χ3n) is 4.43. The van der Waals surface area contributed by atoms with Crippen molar-refractivity contribution in [3.05, 3.63) is 43.9 Å². The van der Waals surface area contributed by atoms with Crippen LogP contribution in [0.15, 0.2) is 34.0 Å². The van der Waals surface area contributed by atoms with Gasteiger partial charge in [-0.15, -0.1) is 11.3 Å². The number of allylic oxidation sites excluding steroid dienone is 1. The third kappa shape index (κ3) is 5.60. The Kier molecular flexibility index (Phi) is 8.70. The predicted molar refractivity (Wildman–Crippen MR) is 113 cm³/mol. The Hall–Kier alpha value is -1.87. The monoisotopic (exact) mass is 442 g/mol. The molecule has 1 aromatic heterocycles. The highest BCUT2D eigenvalue weighted by atomic mass is 35.5. The molecule has 0 aromatic carbocycles. The zero-order valence-electron chi connectivity index (χ0n) is 17.3. The van der Waals surface area contributed by atoms with E-state index in [1.54, 1.807) is 13.8 Å². The summed E-state index contributed by atoms with van der Waals surface area (Å²) in [6.45, 7) is 5.11. The van der Waals surface area contributed by atoms with Crippen molar-refractivity contribution in [1.82, 2.24) is 10.2 Å². The van der Waals surface area contributed by atoms with Crippen molar-refractivity contribution in [1.29, 1.82) is 0 Å². The smallest absolute Gasteiger partial charge is 0.336 e. The first-order chi connectivity index (χ1) is 13.8. The van der Waals surface area contributed by atoms with E-state index in [-0.39, 0.29) is 13.2 Å². The highest BCUT2D eigenvalue weighted by Gasteiger charge is 2.40. The summed E-state index contributed by atoms with van der Waals surface area (Å²) in [5.41, 5.74) is 2.44. The molecule has 0 aliphatic carbocycles. The van der Waals surface area contributed by atoms with E-state index in [2.05, 4.69) is 5.32 Å². The maximum absolute atomic E-state index is 12.9. The van der Waals surface area contributed by atoms with E-state index in [4.69, 9.17) is 25.8 Å². The van der Waals surface area contributed by atoms with E-state index in [1.165, 1.54) is 18.4 Å². The minimum absolute atomic E-state index is 0.173. The molecule has 0 saturated heterocycles. The van der Waals surface area contributed by atoms with Gasteiger partial charge in [0.2, 0.25) is 0 Å². The molecule has 1 unspecified atom stereocenters. The van der Waals surface area contributed by atoms with Crippen LogP contribution >= 0.6 is 22.9 Å². The first-order valence-corrected chi connectivity index (χ1v) is 10.5. The van der Waals surface area contributed by atoms with Gasteiger partial charge in [-0.2, -0.15) is 0 Å². The van der Waals surface area contributed by atoms with Crippen LogP contribution in [0.1, 0.15) is 25.3 Å². The normalized spacial score (nSPS) is 16.9. The predicted octanol–water partition coefficient (Wildman–Crippen LogP) is 2.93. The van der Waals surface area contributed by atoms with Crippen molar-refractivity contribution < 1.29 is 23.8 Å². The number of hydrogen-bond acceptors (Lipinski definition) is 8. The second-order valence-corrected chi connectivity index (χ2v) is 8.22. The zero-order valence-corrected chi connectivity index (χ0v) is 18.9. The average Bonchev–Trinajstić information content (AvgIpc) is 3.09. The number of dihydropyridines is 1. The number of nitrogens with zero attached hydrogens (tertiary/aromatic N) is 1. The molecule has 1 N–H and O–H groups in total. The van der Waals surface area contributed by atoms with Crippen LogP contribution in [0.3, 0.4) is 0 Å². The number of ether oxygens (including phenoxy) is 3. The van der Waals surface area contributed by atoms with Crippen LogP contribution in [-0.4, -0.2) is 64.4 Å². The number of likely N-dealkylation sites (N-methyl/N-ethyl adjacent to an activating group) is 1. The fourth-order valence-corrected chi connectivity index (χ4v) is 4.07. The molecule has 2 heterocycles. The second kappa shape index (κ2) is 10.8. The zero-order chi connectivity index (χ0) is 21.6. The Morgan fingerprint density at radius 2 is 2.00 bits per heavy atom. The lowest BCUT2D eigenvalue weighted by Gasteiger charge is -2.31. The van der Waals surface area contributed by atoms with E-state index >= 15 is 0 Å². The largest absolute Gasteiger partial charge is 0.466 e. The molecule has 9 heteroatoms. The van der Waals surface area contributed by atoms with Crippen molar-refractivity contribution in [2.75, 3.05) is 47.6 Å². The SMILES string of the molecule is CCOC(=O)C1=C(COCCN(C)C)NC(C)=C(C(=O)OC)C1c1ccsc1Cl. The molecular formula is C20H27ClN2O5S. The molecular weight excluding hydrogens is 416 g/mol. The molecule has 0 spiro atoms. The lowest BCUT2D eigenvalue weighted by atomic mass is 9.81. The lowest BCUT2D eigenvalue weighted by molar-refractivity contribution is -0.139. The van der Waals surface area contributed by atoms with Gasteiger partial charge in [0.25, 0.3) is 0 Å². The topological polar surface area (TPSA) is 77.1 Å². The number of esters is 2. The van der Waals surface area contributed by atoms with Crippen LogP contribution in [0.2, 0.25) is 4.34 Å². The van der Waals surface area contributed by atoms with Gasteiger partial charge in [0.15, 0.2) is 0 Å². The number of rotatable bonds is 9. The Morgan fingerprint density at radius 3 is 2.55 bits per heavy atom. The van der Waals surface area contributed by atoms with Crippen LogP contribution in [-0.2, 0) is 23.8 Å². The number of halogens is 1. The Balaban J connectivity index is 2.53. The summed E-state index contributed by atoms with van der Waals surface area (Å²) >= 11 is 7.73. The molecule has 1 atom stereocenters. The second-order valence-electron chi connectivity index (χ2n) is 6.71. The quantitative estimate of drug-likeness (QED) is 0.465. The highest BCUT2D eigenvalue weighted by molar-refractivity contribution is 7.14. The number of methoxy groups -OCH3 is 1. The number of carbonyl (C=O) groups excluding carboxylic acids is 2. The molecule has 7 nitrogen and oxygen atoms in total. The van der Waals surface area contributed by atoms with Crippen LogP contribution < -0.4 is 5.32 Å². The van der Waals surface area contributed by atoms with Crippen molar-refractivity contribution in [3.63, 3.8) is 0 Å². The van der Waals surface area contributed by atoms with Crippen LogP contribution in [0, 0.1) is 0 Å². The number of thiophene rings is 1. The van der Waals surface area contributed by atoms with Crippen LogP contribution in [0.25, 0.3) is 0 Å². The van der Waals surface area contributed by atoms with Gasteiger partial charge < -0.3 is 24.4 Å². The molecule has 29 heavy (non-hydrogen) atoms. The number of hydrogen-bond donors (Lipinski definition) is 1. The van der Waals surface area contributed by atoms with Gasteiger partial charge in [0.1, 0.15) is 0 Å². The van der Waals surface area contributed by atoms with Gasteiger partial charge in [-0.25, -0.2) is 9.59 Å². The lowest BCUT2D eigenvalue weighted by Crippen LogP contribution is -2.35. The minimum Gasteiger partial charge on any atom is -0.466 e. The van der Waals surface area contributed by atoms with Gasteiger partial charge in [0.05, 0.1) is 54.0 Å². The molecule has 1 aliphatic rings. The van der Waals surface area contributed by atoms with E-state index in [1.807, 2.05) is 30.4 Å². The van der Waals surface area contributed by atoms with Gasteiger partial charge >= 0.3 is 11.9 Å². The minimum atomic E-state index is -0.700. The summed E-state index contributed by atoms with van der Waals surface area (Å²) in [5.74, 6) is -1.75. The van der Waals surface area contributed by atoms with Gasteiger partial charge in [0, 0.05) is 12.2 Å². The summed E-state index contributed by atoms with van der Waals surface area (Å²) in [6, 6.07) is 1.81. The first-order valence-electron chi connectivity index (χ1n) is 9.23. The fraction of sp³-hybridized carbons (Fsp3) is 0.500. The van der Waals surface area contributed by atoms with Crippen molar-refractivity contribution >= 4 is 34.9 Å². The summed E-state index contributed by atoms with van der Waals surface area (Å²) in [4.78, 5) is 27.5. The standard InChI is InChI=1S/C20H27ClN2O5S/c1-6-28-20(25)17-14(11-27-9-8-23(3)4)22-12(2)15(19(24)26-5)16(17)13-7-10-29-18(13)21/h7,10,16,22H,6,8-9,11H2,1-5H3. The highest BCUT2D eigenvalue weighted by Crippen LogP contribution is 2.43. The molecule has 160 valence electrons. The van der Waals surface area contributed by atoms with Crippen LogP contribution in [0.4, 0.5) is 0 Å². The van der Waals surface area contributed by atoms with E-state index in [0.717, 1.165) is 6.54 Å². The molecule has 0 amide bonds. The molecule has 0 fully saturated rings. The summed E-state index contributed by atoms with van der Waals surface area (Å²) in [5, 5.41) is 4.97. The first kappa shape index (κ1) is 23.4. The van der Waals surface area contributed by atoms with Crippen molar-refractivity contribution in [3.8, 4) is 0 Å². The summed E-state index contributed by atoms with van der Waals surface area (Å²) < 4.78 is 16.6. The summed E-state index contributed by atoms with van der Waals surface area (Å²) in [7, 11) is 5.22. The van der Waals surface area contributed by atoms with E-state index in [0.29, 0.717) is 39.0 Å². The Bertz CT molecular complexity index is 816. The number of carbonyl (C=O) groups is 2. The van der Waals surface area contributed by atoms with Crippen LogP contribution in [0.5, 0.6) is 0 Å².